The van der Waals surface area contributed by atoms with Crippen molar-refractivity contribution >= 4 is 5.91 Å². The molecule has 1 amide bonds. The number of amides is 1. The van der Waals surface area contributed by atoms with Gasteiger partial charge in [-0.15, -0.1) is 0 Å². The van der Waals surface area contributed by atoms with Gasteiger partial charge in [0.05, 0.1) is 5.54 Å². The van der Waals surface area contributed by atoms with Crippen molar-refractivity contribution in [3.63, 3.8) is 0 Å². The predicted octanol–water partition coefficient (Wildman–Crippen LogP) is 2.42. The first kappa shape index (κ1) is 14.4. The monoisotopic (exact) mass is 288 g/mol. The molecule has 1 unspecified atom stereocenters. The Morgan fingerprint density at radius 2 is 2.29 bits per heavy atom. The standard InChI is InChI=1S/C17H24N2O2/c1-2-17(9-4-10-18-17)16(21)19(14-7-8-14)12-13-5-3-6-15(20)11-13/h3,5-6,11,14,18,20H,2,4,7-10,12H2,1H3. The molecule has 21 heavy (non-hydrogen) atoms. The van der Waals surface area contributed by atoms with Gasteiger partial charge < -0.3 is 15.3 Å². The molecule has 2 N–H and O–H groups in total. The molecular formula is C17H24N2O2. The first-order valence-electron chi connectivity index (χ1n) is 7.98. The zero-order valence-corrected chi connectivity index (χ0v) is 12.6. The van der Waals surface area contributed by atoms with Gasteiger partial charge in [0.2, 0.25) is 5.91 Å². The Labute approximate surface area is 126 Å². The Balaban J connectivity index is 1.79. The van der Waals surface area contributed by atoms with E-state index < -0.39 is 0 Å². The second-order valence-electron chi connectivity index (χ2n) is 6.30. The molecule has 0 aromatic heterocycles. The maximum atomic E-state index is 13.1. The van der Waals surface area contributed by atoms with Gasteiger partial charge in [0.25, 0.3) is 0 Å². The van der Waals surface area contributed by atoms with Crippen LogP contribution in [0.2, 0.25) is 0 Å². The molecule has 1 aromatic carbocycles. The van der Waals surface area contributed by atoms with E-state index in [2.05, 4.69) is 12.2 Å². The third-order valence-corrected chi connectivity index (χ3v) is 4.77. The second-order valence-corrected chi connectivity index (χ2v) is 6.30. The van der Waals surface area contributed by atoms with E-state index >= 15 is 0 Å². The number of phenolic OH excluding ortho intramolecular Hbond substituents is 1. The van der Waals surface area contributed by atoms with Crippen molar-refractivity contribution in [2.24, 2.45) is 0 Å². The number of hydrogen-bond donors (Lipinski definition) is 2. The SMILES string of the molecule is CCC1(C(=O)N(Cc2cccc(O)c2)C2CC2)CCCN1. The van der Waals surface area contributed by atoms with Crippen LogP contribution in [0.15, 0.2) is 24.3 Å². The highest BCUT2D eigenvalue weighted by Crippen LogP contribution is 2.34. The number of rotatable bonds is 5. The summed E-state index contributed by atoms with van der Waals surface area (Å²) in [4.78, 5) is 15.1. The quantitative estimate of drug-likeness (QED) is 0.875. The van der Waals surface area contributed by atoms with Gasteiger partial charge in [-0.2, -0.15) is 0 Å². The molecule has 1 saturated heterocycles. The number of nitrogens with zero attached hydrogens (tertiary/aromatic N) is 1. The van der Waals surface area contributed by atoms with E-state index in [4.69, 9.17) is 0 Å². The molecule has 1 aliphatic carbocycles. The lowest BCUT2D eigenvalue weighted by Gasteiger charge is -2.34. The Hall–Kier alpha value is -1.55. The van der Waals surface area contributed by atoms with E-state index in [-0.39, 0.29) is 17.2 Å². The van der Waals surface area contributed by atoms with Crippen molar-refractivity contribution in [1.29, 1.82) is 0 Å². The molecule has 1 atom stereocenters. The fourth-order valence-electron chi connectivity index (χ4n) is 3.32. The number of benzene rings is 1. The maximum Gasteiger partial charge on any atom is 0.243 e. The predicted molar refractivity (Wildman–Crippen MR) is 81.9 cm³/mol. The third kappa shape index (κ3) is 2.91. The average Bonchev–Trinajstić information content (AvgIpc) is 3.21. The molecule has 1 aromatic rings. The third-order valence-electron chi connectivity index (χ3n) is 4.77. The van der Waals surface area contributed by atoms with E-state index in [9.17, 15) is 9.90 Å². The number of hydrogen-bond acceptors (Lipinski definition) is 3. The van der Waals surface area contributed by atoms with Crippen molar-refractivity contribution in [2.75, 3.05) is 6.54 Å². The number of carbonyl (C=O) groups is 1. The minimum atomic E-state index is -0.362. The molecule has 1 aliphatic heterocycles. The van der Waals surface area contributed by atoms with Crippen LogP contribution in [-0.4, -0.2) is 34.0 Å². The lowest BCUT2D eigenvalue weighted by Crippen LogP contribution is -2.54. The Bertz CT molecular complexity index is 519. The number of phenols is 1. The highest BCUT2D eigenvalue weighted by Gasteiger charge is 2.45. The van der Waals surface area contributed by atoms with Crippen LogP contribution in [0.1, 0.15) is 44.6 Å². The fraction of sp³-hybridized carbons (Fsp3) is 0.588. The minimum Gasteiger partial charge on any atom is -0.508 e. The van der Waals surface area contributed by atoms with Crippen LogP contribution >= 0.6 is 0 Å². The molecule has 4 nitrogen and oxygen atoms in total. The molecular weight excluding hydrogens is 264 g/mol. The molecule has 1 saturated carbocycles. The summed E-state index contributed by atoms with van der Waals surface area (Å²) in [6, 6.07) is 7.61. The summed E-state index contributed by atoms with van der Waals surface area (Å²) < 4.78 is 0. The molecule has 2 fully saturated rings. The smallest absolute Gasteiger partial charge is 0.243 e. The number of nitrogens with one attached hydrogen (secondary N) is 1. The number of carbonyl (C=O) groups excluding carboxylic acids is 1. The molecule has 114 valence electrons. The normalized spacial score (nSPS) is 25.0. The highest BCUT2D eigenvalue weighted by molar-refractivity contribution is 5.87. The lowest BCUT2D eigenvalue weighted by molar-refractivity contribution is -0.139. The van der Waals surface area contributed by atoms with Crippen LogP contribution < -0.4 is 5.32 Å². The highest BCUT2D eigenvalue weighted by atomic mass is 16.3. The Morgan fingerprint density at radius 3 is 2.86 bits per heavy atom. The summed E-state index contributed by atoms with van der Waals surface area (Å²) in [5, 5.41) is 13.1. The van der Waals surface area contributed by atoms with Crippen LogP contribution in [0, 0.1) is 0 Å². The summed E-state index contributed by atoms with van der Waals surface area (Å²) in [6.07, 6.45) is 5.06. The van der Waals surface area contributed by atoms with Crippen molar-refractivity contribution in [2.45, 2.75) is 57.2 Å². The lowest BCUT2D eigenvalue weighted by atomic mass is 9.92. The molecule has 0 spiro atoms. The van der Waals surface area contributed by atoms with Gasteiger partial charge in [0.1, 0.15) is 5.75 Å². The van der Waals surface area contributed by atoms with Crippen LogP contribution in [0.3, 0.4) is 0 Å². The van der Waals surface area contributed by atoms with Gasteiger partial charge in [-0.25, -0.2) is 0 Å². The van der Waals surface area contributed by atoms with Crippen LogP contribution in [0.4, 0.5) is 0 Å². The Morgan fingerprint density at radius 1 is 1.48 bits per heavy atom. The molecule has 2 aliphatic rings. The maximum absolute atomic E-state index is 13.1. The zero-order valence-electron chi connectivity index (χ0n) is 12.6. The van der Waals surface area contributed by atoms with E-state index in [0.717, 1.165) is 44.2 Å². The summed E-state index contributed by atoms with van der Waals surface area (Å²) in [5.74, 6) is 0.508. The largest absolute Gasteiger partial charge is 0.508 e. The van der Waals surface area contributed by atoms with Crippen LogP contribution in [0.5, 0.6) is 5.75 Å². The van der Waals surface area contributed by atoms with E-state index in [1.807, 2.05) is 17.0 Å². The van der Waals surface area contributed by atoms with Crippen molar-refractivity contribution in [3.05, 3.63) is 29.8 Å². The summed E-state index contributed by atoms with van der Waals surface area (Å²) >= 11 is 0. The molecule has 3 rings (SSSR count). The van der Waals surface area contributed by atoms with Gasteiger partial charge >= 0.3 is 0 Å². The minimum absolute atomic E-state index is 0.244. The van der Waals surface area contributed by atoms with E-state index in [1.165, 1.54) is 0 Å². The van der Waals surface area contributed by atoms with Crippen LogP contribution in [-0.2, 0) is 11.3 Å². The van der Waals surface area contributed by atoms with Gasteiger partial charge in [-0.1, -0.05) is 19.1 Å². The summed E-state index contributed by atoms with van der Waals surface area (Å²) in [7, 11) is 0. The van der Waals surface area contributed by atoms with Gasteiger partial charge in [0.15, 0.2) is 0 Å². The molecule has 1 heterocycles. The van der Waals surface area contributed by atoms with Gasteiger partial charge in [-0.3, -0.25) is 4.79 Å². The van der Waals surface area contributed by atoms with Crippen molar-refractivity contribution in [3.8, 4) is 5.75 Å². The van der Waals surface area contributed by atoms with E-state index in [0.29, 0.717) is 12.6 Å². The van der Waals surface area contributed by atoms with Gasteiger partial charge in [-0.05, 0) is 56.3 Å². The molecule has 4 heteroatoms. The second kappa shape index (κ2) is 5.68. The Kier molecular flexibility index (Phi) is 3.89. The average molecular weight is 288 g/mol. The zero-order chi connectivity index (χ0) is 14.9. The summed E-state index contributed by atoms with van der Waals surface area (Å²) in [6.45, 7) is 3.63. The molecule has 0 bridgehead atoms. The van der Waals surface area contributed by atoms with Crippen molar-refractivity contribution in [1.82, 2.24) is 10.2 Å². The summed E-state index contributed by atoms with van der Waals surface area (Å²) in [5.41, 5.74) is 0.638. The van der Waals surface area contributed by atoms with Crippen molar-refractivity contribution < 1.29 is 9.90 Å². The van der Waals surface area contributed by atoms with Gasteiger partial charge in [0, 0.05) is 12.6 Å². The molecule has 0 radical (unpaired) electrons. The van der Waals surface area contributed by atoms with E-state index in [1.54, 1.807) is 12.1 Å². The topological polar surface area (TPSA) is 52.6 Å². The first-order valence-corrected chi connectivity index (χ1v) is 7.98. The number of aromatic hydroxyl groups is 1. The van der Waals surface area contributed by atoms with Crippen LogP contribution in [0.25, 0.3) is 0 Å². The first-order chi connectivity index (χ1) is 10.1. The fourth-order valence-corrected chi connectivity index (χ4v) is 3.32.